The monoisotopic (exact) mass is 449 g/mol. The van der Waals surface area contributed by atoms with Crippen molar-refractivity contribution in [1.82, 2.24) is 24.8 Å². The van der Waals surface area contributed by atoms with Gasteiger partial charge in [-0.25, -0.2) is 15.0 Å². The van der Waals surface area contributed by atoms with Crippen LogP contribution in [0.3, 0.4) is 0 Å². The standard InChI is InChI=1S/C23H23N5O3S/c29-20-13-19-18(27(20)11-12-31-14-16-5-2-1-3-6-16)7-10-28(19)23(30)17-15-32-22(26-17)21-24-8-4-9-25-21/h1-6,8-9,15,18-19H,7,10-14H2/t18-,19-/m0/s1. The molecule has 164 valence electrons. The Morgan fingerprint density at radius 1 is 1.12 bits per heavy atom. The minimum atomic E-state index is -0.133. The highest BCUT2D eigenvalue weighted by Crippen LogP contribution is 2.33. The zero-order valence-electron chi connectivity index (χ0n) is 17.5. The van der Waals surface area contributed by atoms with Crippen LogP contribution in [0.5, 0.6) is 0 Å². The molecule has 0 spiro atoms. The highest BCUT2D eigenvalue weighted by molar-refractivity contribution is 7.13. The van der Waals surface area contributed by atoms with Gasteiger partial charge in [-0.05, 0) is 18.1 Å². The van der Waals surface area contributed by atoms with Crippen LogP contribution in [0.25, 0.3) is 10.8 Å². The largest absolute Gasteiger partial charge is 0.375 e. The highest BCUT2D eigenvalue weighted by atomic mass is 32.1. The maximum Gasteiger partial charge on any atom is 0.273 e. The van der Waals surface area contributed by atoms with Crippen molar-refractivity contribution >= 4 is 23.2 Å². The first kappa shape index (κ1) is 20.7. The summed E-state index contributed by atoms with van der Waals surface area (Å²) in [5.41, 5.74) is 1.49. The lowest BCUT2D eigenvalue weighted by molar-refractivity contribution is -0.129. The average molecular weight is 450 g/mol. The smallest absolute Gasteiger partial charge is 0.273 e. The van der Waals surface area contributed by atoms with E-state index >= 15 is 0 Å². The Balaban J connectivity index is 1.19. The molecule has 5 rings (SSSR count). The molecule has 2 fully saturated rings. The number of benzene rings is 1. The molecule has 8 nitrogen and oxygen atoms in total. The van der Waals surface area contributed by atoms with E-state index in [0.29, 0.717) is 49.3 Å². The number of amides is 2. The van der Waals surface area contributed by atoms with E-state index in [4.69, 9.17) is 4.74 Å². The van der Waals surface area contributed by atoms with Gasteiger partial charge < -0.3 is 14.5 Å². The van der Waals surface area contributed by atoms with Crippen LogP contribution in [0, 0.1) is 0 Å². The molecule has 2 saturated heterocycles. The Bertz CT molecular complexity index is 1090. The molecular weight excluding hydrogens is 426 g/mol. The van der Waals surface area contributed by atoms with Crippen LogP contribution in [0.4, 0.5) is 0 Å². The normalized spacial score (nSPS) is 20.1. The van der Waals surface area contributed by atoms with Gasteiger partial charge in [0, 0.05) is 37.3 Å². The third kappa shape index (κ3) is 4.13. The molecule has 0 radical (unpaired) electrons. The van der Waals surface area contributed by atoms with E-state index < -0.39 is 0 Å². The molecule has 1 aromatic carbocycles. The van der Waals surface area contributed by atoms with Crippen LogP contribution in [0.2, 0.25) is 0 Å². The maximum absolute atomic E-state index is 13.1. The lowest BCUT2D eigenvalue weighted by atomic mass is 10.1. The molecule has 0 aliphatic carbocycles. The molecular formula is C23H23N5O3S. The SMILES string of the molecule is O=C1C[C@H]2[C@H](CCN2C(=O)c2csc(-c3ncccn3)n2)N1CCOCc1ccccc1. The predicted molar refractivity (Wildman–Crippen MR) is 119 cm³/mol. The lowest BCUT2D eigenvalue weighted by Gasteiger charge is -2.25. The number of rotatable bonds is 7. The van der Waals surface area contributed by atoms with Crippen molar-refractivity contribution in [2.24, 2.45) is 0 Å². The van der Waals surface area contributed by atoms with Gasteiger partial charge in [0.15, 0.2) is 10.8 Å². The van der Waals surface area contributed by atoms with Crippen molar-refractivity contribution in [3.63, 3.8) is 0 Å². The van der Waals surface area contributed by atoms with E-state index in [1.54, 1.807) is 28.7 Å². The van der Waals surface area contributed by atoms with Crippen LogP contribution in [0.15, 0.2) is 54.2 Å². The number of carbonyl (C=O) groups is 2. The Morgan fingerprint density at radius 3 is 2.75 bits per heavy atom. The van der Waals surface area contributed by atoms with Crippen LogP contribution in [-0.2, 0) is 16.1 Å². The first-order valence-electron chi connectivity index (χ1n) is 10.7. The minimum absolute atomic E-state index is 0.0438. The van der Waals surface area contributed by atoms with E-state index in [1.165, 1.54) is 11.3 Å². The Morgan fingerprint density at radius 2 is 1.94 bits per heavy atom. The number of thiazole rings is 1. The molecule has 2 atom stereocenters. The first-order chi connectivity index (χ1) is 15.7. The summed E-state index contributed by atoms with van der Waals surface area (Å²) in [7, 11) is 0. The quantitative estimate of drug-likeness (QED) is 0.515. The van der Waals surface area contributed by atoms with Crippen LogP contribution in [-0.4, -0.2) is 68.3 Å². The van der Waals surface area contributed by atoms with E-state index in [-0.39, 0.29) is 23.9 Å². The summed E-state index contributed by atoms with van der Waals surface area (Å²) in [6.07, 6.45) is 4.44. The van der Waals surface area contributed by atoms with Gasteiger partial charge in [-0.3, -0.25) is 9.59 Å². The van der Waals surface area contributed by atoms with Gasteiger partial charge in [-0.1, -0.05) is 30.3 Å². The highest BCUT2D eigenvalue weighted by Gasteiger charge is 2.48. The summed E-state index contributed by atoms with van der Waals surface area (Å²) in [6, 6.07) is 11.6. The van der Waals surface area contributed by atoms with Crippen LogP contribution >= 0.6 is 11.3 Å². The number of ether oxygens (including phenoxy) is 1. The van der Waals surface area contributed by atoms with Gasteiger partial charge >= 0.3 is 0 Å². The molecule has 0 saturated carbocycles. The van der Waals surface area contributed by atoms with Gasteiger partial charge in [0.2, 0.25) is 5.91 Å². The second-order valence-electron chi connectivity index (χ2n) is 7.86. The maximum atomic E-state index is 13.1. The van der Waals surface area contributed by atoms with E-state index in [2.05, 4.69) is 15.0 Å². The predicted octanol–water partition coefficient (Wildman–Crippen LogP) is 2.63. The molecule has 9 heteroatoms. The van der Waals surface area contributed by atoms with E-state index in [0.717, 1.165) is 12.0 Å². The van der Waals surface area contributed by atoms with Gasteiger partial charge in [-0.15, -0.1) is 11.3 Å². The van der Waals surface area contributed by atoms with Crippen LogP contribution in [0.1, 0.15) is 28.9 Å². The summed E-state index contributed by atoms with van der Waals surface area (Å²) in [6.45, 7) is 2.17. The van der Waals surface area contributed by atoms with Crippen LogP contribution < -0.4 is 0 Å². The van der Waals surface area contributed by atoms with Crippen molar-refractivity contribution in [3.05, 3.63) is 65.4 Å². The number of aromatic nitrogens is 3. The van der Waals surface area contributed by atoms with Gasteiger partial charge in [0.05, 0.1) is 25.3 Å². The summed E-state index contributed by atoms with van der Waals surface area (Å²) in [4.78, 5) is 42.3. The van der Waals surface area contributed by atoms with Crippen molar-refractivity contribution in [2.45, 2.75) is 31.5 Å². The molecule has 3 aromatic rings. The molecule has 0 bridgehead atoms. The van der Waals surface area contributed by atoms with Gasteiger partial charge in [0.1, 0.15) is 5.69 Å². The van der Waals surface area contributed by atoms with Crippen molar-refractivity contribution in [2.75, 3.05) is 19.7 Å². The number of hydrogen-bond donors (Lipinski definition) is 0. The number of fused-ring (bicyclic) bond motifs is 1. The zero-order chi connectivity index (χ0) is 21.9. The fourth-order valence-electron chi connectivity index (χ4n) is 4.43. The second-order valence-corrected chi connectivity index (χ2v) is 8.72. The Labute approximate surface area is 189 Å². The second kappa shape index (κ2) is 9.13. The molecule has 0 N–H and O–H groups in total. The van der Waals surface area contributed by atoms with Crippen molar-refractivity contribution in [3.8, 4) is 10.8 Å². The summed E-state index contributed by atoms with van der Waals surface area (Å²) < 4.78 is 5.77. The number of nitrogens with zero attached hydrogens (tertiary/aromatic N) is 5. The fourth-order valence-corrected chi connectivity index (χ4v) is 5.17. The molecule has 32 heavy (non-hydrogen) atoms. The molecule has 2 amide bonds. The molecule has 2 aliphatic rings. The zero-order valence-corrected chi connectivity index (χ0v) is 18.3. The van der Waals surface area contributed by atoms with Crippen molar-refractivity contribution in [1.29, 1.82) is 0 Å². The summed E-state index contributed by atoms with van der Waals surface area (Å²) >= 11 is 1.35. The molecule has 4 heterocycles. The molecule has 2 aromatic heterocycles. The number of likely N-dealkylation sites (tertiary alicyclic amines) is 2. The molecule has 2 aliphatic heterocycles. The third-order valence-electron chi connectivity index (χ3n) is 5.94. The molecule has 0 unspecified atom stereocenters. The fraction of sp³-hybridized carbons (Fsp3) is 0.348. The van der Waals surface area contributed by atoms with Gasteiger partial charge in [0.25, 0.3) is 5.91 Å². The third-order valence-corrected chi connectivity index (χ3v) is 6.78. The van der Waals surface area contributed by atoms with E-state index in [9.17, 15) is 9.59 Å². The summed E-state index contributed by atoms with van der Waals surface area (Å²) in [5, 5.41) is 2.36. The lowest BCUT2D eigenvalue weighted by Crippen LogP contribution is -2.41. The Hall–Kier alpha value is -3.17. The topological polar surface area (TPSA) is 88.5 Å². The number of carbonyl (C=O) groups excluding carboxylic acids is 2. The first-order valence-corrected chi connectivity index (χ1v) is 11.5. The summed E-state index contributed by atoms with van der Waals surface area (Å²) in [5.74, 6) is 0.456. The minimum Gasteiger partial charge on any atom is -0.375 e. The number of hydrogen-bond acceptors (Lipinski definition) is 7. The van der Waals surface area contributed by atoms with E-state index in [1.807, 2.05) is 35.2 Å². The Kier molecular flexibility index (Phi) is 5.91. The van der Waals surface area contributed by atoms with Gasteiger partial charge in [-0.2, -0.15) is 0 Å². The average Bonchev–Trinajstić information content (AvgIpc) is 3.54. The van der Waals surface area contributed by atoms with Crippen molar-refractivity contribution < 1.29 is 14.3 Å².